The second-order valence-corrected chi connectivity index (χ2v) is 3.67. The highest BCUT2D eigenvalue weighted by molar-refractivity contribution is 5.61. The number of nitrogens with zero attached hydrogens (tertiary/aromatic N) is 2. The Hall–Kier alpha value is -2.17. The number of aromatic nitrogens is 2. The van der Waals surface area contributed by atoms with Crippen molar-refractivity contribution in [3.63, 3.8) is 0 Å². The minimum absolute atomic E-state index is 0.117. The molecule has 16 heavy (non-hydrogen) atoms. The Morgan fingerprint density at radius 3 is 2.69 bits per heavy atom. The van der Waals surface area contributed by atoms with Gasteiger partial charge in [0.15, 0.2) is 0 Å². The molecule has 0 radical (unpaired) electrons. The van der Waals surface area contributed by atoms with E-state index >= 15 is 0 Å². The first-order valence-corrected chi connectivity index (χ1v) is 4.85. The second-order valence-electron chi connectivity index (χ2n) is 3.67. The van der Waals surface area contributed by atoms with Crippen LogP contribution < -0.4 is 0 Å². The summed E-state index contributed by atoms with van der Waals surface area (Å²) in [4.78, 5) is 17.6. The van der Waals surface area contributed by atoms with Crippen molar-refractivity contribution < 1.29 is 4.92 Å². The van der Waals surface area contributed by atoms with Crippen LogP contribution in [0, 0.1) is 24.0 Å². The fourth-order valence-corrected chi connectivity index (χ4v) is 1.51. The summed E-state index contributed by atoms with van der Waals surface area (Å²) in [6, 6.07) is 5.08. The van der Waals surface area contributed by atoms with Crippen LogP contribution in [0.1, 0.15) is 11.3 Å². The molecule has 0 aliphatic rings. The van der Waals surface area contributed by atoms with E-state index < -0.39 is 0 Å². The highest BCUT2D eigenvalue weighted by Crippen LogP contribution is 2.24. The normalized spacial score (nSPS) is 10.4. The Morgan fingerprint density at radius 1 is 1.38 bits per heavy atom. The molecule has 2 rings (SSSR count). The van der Waals surface area contributed by atoms with E-state index in [1.807, 2.05) is 13.0 Å². The molecule has 0 amide bonds. The van der Waals surface area contributed by atoms with E-state index in [2.05, 4.69) is 9.97 Å². The zero-order chi connectivity index (χ0) is 11.7. The lowest BCUT2D eigenvalue weighted by molar-refractivity contribution is -0.385. The smallest absolute Gasteiger partial charge is 0.273 e. The minimum Gasteiger partial charge on any atom is -0.342 e. The Balaban J connectivity index is 2.51. The highest BCUT2D eigenvalue weighted by Gasteiger charge is 2.12. The fraction of sp³-hybridized carbons (Fsp3) is 0.182. The second kappa shape index (κ2) is 3.77. The van der Waals surface area contributed by atoms with E-state index in [0.717, 1.165) is 11.3 Å². The molecule has 1 aromatic heterocycles. The predicted molar refractivity (Wildman–Crippen MR) is 60.2 cm³/mol. The van der Waals surface area contributed by atoms with Crippen LogP contribution in [-0.4, -0.2) is 14.9 Å². The first kappa shape index (κ1) is 10.4. The van der Waals surface area contributed by atoms with Gasteiger partial charge in [0.05, 0.1) is 4.92 Å². The van der Waals surface area contributed by atoms with Gasteiger partial charge in [-0.25, -0.2) is 4.98 Å². The van der Waals surface area contributed by atoms with Crippen LogP contribution in [0.25, 0.3) is 11.4 Å². The van der Waals surface area contributed by atoms with Gasteiger partial charge in [-0.3, -0.25) is 10.1 Å². The number of H-pyrrole nitrogens is 1. The van der Waals surface area contributed by atoms with Crippen molar-refractivity contribution in [2.24, 2.45) is 0 Å². The number of hydrogen-bond donors (Lipinski definition) is 1. The number of aromatic amines is 1. The molecule has 0 saturated carbocycles. The van der Waals surface area contributed by atoms with E-state index in [1.165, 1.54) is 6.07 Å². The summed E-state index contributed by atoms with van der Waals surface area (Å²) in [5.41, 5.74) is 2.42. The van der Waals surface area contributed by atoms with Crippen molar-refractivity contribution in [2.75, 3.05) is 0 Å². The quantitative estimate of drug-likeness (QED) is 0.620. The Labute approximate surface area is 92.3 Å². The number of rotatable bonds is 2. The molecule has 0 atom stereocenters. The van der Waals surface area contributed by atoms with Gasteiger partial charge in [-0.1, -0.05) is 12.1 Å². The molecule has 0 saturated heterocycles. The topological polar surface area (TPSA) is 71.8 Å². The van der Waals surface area contributed by atoms with Gasteiger partial charge in [0.25, 0.3) is 5.69 Å². The Morgan fingerprint density at radius 2 is 2.12 bits per heavy atom. The lowest BCUT2D eigenvalue weighted by atomic mass is 10.1. The zero-order valence-corrected chi connectivity index (χ0v) is 9.02. The third-order valence-corrected chi connectivity index (χ3v) is 2.38. The SMILES string of the molecule is Cc1cnc(-c2ccc(C)c([N+](=O)[O-])c2)[nH]1. The standard InChI is InChI=1S/C11H11N3O2/c1-7-3-4-9(5-10(7)14(15)16)11-12-6-8(2)13-11/h3-6H,1-2H3,(H,12,13). The van der Waals surface area contributed by atoms with Crippen LogP contribution in [0.3, 0.4) is 0 Å². The summed E-state index contributed by atoms with van der Waals surface area (Å²) in [5.74, 6) is 0.653. The van der Waals surface area contributed by atoms with Gasteiger partial charge in [-0.15, -0.1) is 0 Å². The summed E-state index contributed by atoms with van der Waals surface area (Å²) in [6.45, 7) is 3.61. The molecular weight excluding hydrogens is 206 g/mol. The van der Waals surface area contributed by atoms with Crippen LogP contribution in [-0.2, 0) is 0 Å². The number of aryl methyl sites for hydroxylation is 2. The van der Waals surface area contributed by atoms with Crippen LogP contribution in [0.2, 0.25) is 0 Å². The maximum atomic E-state index is 10.8. The van der Waals surface area contributed by atoms with Crippen LogP contribution in [0.4, 0.5) is 5.69 Å². The van der Waals surface area contributed by atoms with Crippen molar-refractivity contribution in [3.05, 3.63) is 45.8 Å². The lowest BCUT2D eigenvalue weighted by Crippen LogP contribution is -1.92. The fourth-order valence-electron chi connectivity index (χ4n) is 1.51. The third kappa shape index (κ3) is 1.79. The van der Waals surface area contributed by atoms with Gasteiger partial charge in [-0.05, 0) is 13.8 Å². The third-order valence-electron chi connectivity index (χ3n) is 2.38. The van der Waals surface area contributed by atoms with Crippen molar-refractivity contribution in [3.8, 4) is 11.4 Å². The molecule has 5 heteroatoms. The predicted octanol–water partition coefficient (Wildman–Crippen LogP) is 2.60. The largest absolute Gasteiger partial charge is 0.342 e. The molecule has 5 nitrogen and oxygen atoms in total. The van der Waals surface area contributed by atoms with E-state index in [1.54, 1.807) is 19.2 Å². The summed E-state index contributed by atoms with van der Waals surface area (Å²) in [5, 5.41) is 10.8. The van der Waals surface area contributed by atoms with Gasteiger partial charge in [0.2, 0.25) is 0 Å². The summed E-state index contributed by atoms with van der Waals surface area (Å²) >= 11 is 0. The van der Waals surface area contributed by atoms with Crippen LogP contribution in [0.5, 0.6) is 0 Å². The van der Waals surface area contributed by atoms with Crippen molar-refractivity contribution >= 4 is 5.69 Å². The average Bonchev–Trinajstić information content (AvgIpc) is 2.65. The molecule has 0 unspecified atom stereocenters. The molecule has 0 fully saturated rings. The molecule has 0 aliphatic carbocycles. The first-order chi connectivity index (χ1) is 7.58. The average molecular weight is 217 g/mol. The highest BCUT2D eigenvalue weighted by atomic mass is 16.6. The molecule has 1 aromatic carbocycles. The monoisotopic (exact) mass is 217 g/mol. The Kier molecular flexibility index (Phi) is 2.44. The summed E-state index contributed by atoms with van der Waals surface area (Å²) in [6.07, 6.45) is 1.70. The molecular formula is C11H11N3O2. The number of hydrogen-bond acceptors (Lipinski definition) is 3. The molecule has 0 bridgehead atoms. The number of nitro groups is 1. The summed E-state index contributed by atoms with van der Waals surface area (Å²) in [7, 11) is 0. The van der Waals surface area contributed by atoms with Crippen LogP contribution in [0.15, 0.2) is 24.4 Å². The molecule has 0 spiro atoms. The van der Waals surface area contributed by atoms with Crippen molar-refractivity contribution in [1.82, 2.24) is 9.97 Å². The Bertz CT molecular complexity index is 546. The number of benzene rings is 1. The van der Waals surface area contributed by atoms with Crippen molar-refractivity contribution in [2.45, 2.75) is 13.8 Å². The number of nitrogens with one attached hydrogen (secondary N) is 1. The van der Waals surface area contributed by atoms with Gasteiger partial charge in [0.1, 0.15) is 5.82 Å². The molecule has 1 heterocycles. The number of nitro benzene ring substituents is 1. The maximum Gasteiger partial charge on any atom is 0.273 e. The zero-order valence-electron chi connectivity index (χ0n) is 9.02. The van der Waals surface area contributed by atoms with Gasteiger partial charge < -0.3 is 4.98 Å². The van der Waals surface area contributed by atoms with Crippen LogP contribution >= 0.6 is 0 Å². The maximum absolute atomic E-state index is 10.8. The van der Waals surface area contributed by atoms with Gasteiger partial charge in [0, 0.05) is 29.1 Å². The van der Waals surface area contributed by atoms with Crippen molar-refractivity contribution in [1.29, 1.82) is 0 Å². The van der Waals surface area contributed by atoms with E-state index in [-0.39, 0.29) is 10.6 Å². The minimum atomic E-state index is -0.380. The first-order valence-electron chi connectivity index (χ1n) is 4.85. The molecule has 82 valence electrons. The lowest BCUT2D eigenvalue weighted by Gasteiger charge is -2.00. The molecule has 1 N–H and O–H groups in total. The molecule has 2 aromatic rings. The van der Waals surface area contributed by atoms with E-state index in [4.69, 9.17) is 0 Å². The van der Waals surface area contributed by atoms with Gasteiger partial charge >= 0.3 is 0 Å². The van der Waals surface area contributed by atoms with Gasteiger partial charge in [-0.2, -0.15) is 0 Å². The number of imidazole rings is 1. The van der Waals surface area contributed by atoms with E-state index in [0.29, 0.717) is 11.4 Å². The van der Waals surface area contributed by atoms with E-state index in [9.17, 15) is 10.1 Å². The summed E-state index contributed by atoms with van der Waals surface area (Å²) < 4.78 is 0. The molecule has 0 aliphatic heterocycles.